The fourth-order valence-electron chi connectivity index (χ4n) is 2.69. The Bertz CT molecular complexity index is 824. The monoisotopic (exact) mass is 415 g/mol. The summed E-state index contributed by atoms with van der Waals surface area (Å²) in [7, 11) is 1.60. The standard InChI is InChI=1S/C21H25N3O4S/c1-25-18-9-5-8-17(20(18)28-11-10-19-26-12-13-27-19)14-23-24-21(22)29-15-16-6-3-2-4-7-16/h2-9,14,19H,10-13,15H2,1H3,(H2,22,24). The maximum Gasteiger partial charge on any atom is 0.180 e. The van der Waals surface area contributed by atoms with Gasteiger partial charge in [-0.1, -0.05) is 48.2 Å². The largest absolute Gasteiger partial charge is 0.493 e. The molecule has 7 nitrogen and oxygen atoms in total. The molecule has 1 saturated heterocycles. The van der Waals surface area contributed by atoms with E-state index in [0.29, 0.717) is 42.9 Å². The number of nitrogens with zero attached hydrogens (tertiary/aromatic N) is 2. The number of ether oxygens (including phenoxy) is 4. The molecule has 2 aromatic rings. The third-order valence-corrected chi connectivity index (χ3v) is 4.96. The Balaban J connectivity index is 1.59. The molecular formula is C21H25N3O4S. The first-order valence-electron chi connectivity index (χ1n) is 9.32. The Labute approximate surface area is 174 Å². The maximum atomic E-state index is 5.95. The van der Waals surface area contributed by atoms with Gasteiger partial charge in [0.05, 0.1) is 33.1 Å². The number of hydrogen-bond acceptors (Lipinski definition) is 7. The summed E-state index contributed by atoms with van der Waals surface area (Å²) in [6.45, 7) is 1.68. The minimum absolute atomic E-state index is 0.215. The van der Waals surface area contributed by atoms with E-state index in [1.54, 1.807) is 13.3 Å². The van der Waals surface area contributed by atoms with E-state index in [2.05, 4.69) is 10.2 Å². The van der Waals surface area contributed by atoms with Gasteiger partial charge >= 0.3 is 0 Å². The van der Waals surface area contributed by atoms with Crippen LogP contribution in [-0.4, -0.2) is 44.6 Å². The van der Waals surface area contributed by atoms with Crippen molar-refractivity contribution in [3.05, 3.63) is 59.7 Å². The van der Waals surface area contributed by atoms with E-state index in [1.165, 1.54) is 17.3 Å². The summed E-state index contributed by atoms with van der Waals surface area (Å²) in [5, 5.41) is 8.57. The number of thioether (sulfide) groups is 1. The number of methoxy groups -OCH3 is 1. The third-order valence-electron chi connectivity index (χ3n) is 4.10. The van der Waals surface area contributed by atoms with Crippen LogP contribution in [0.4, 0.5) is 0 Å². The van der Waals surface area contributed by atoms with Crippen molar-refractivity contribution in [2.24, 2.45) is 15.9 Å². The summed E-state index contributed by atoms with van der Waals surface area (Å²) in [4.78, 5) is 0. The summed E-state index contributed by atoms with van der Waals surface area (Å²) < 4.78 is 22.2. The Morgan fingerprint density at radius 1 is 1.17 bits per heavy atom. The molecule has 1 aliphatic heterocycles. The van der Waals surface area contributed by atoms with Gasteiger partial charge in [0.2, 0.25) is 0 Å². The van der Waals surface area contributed by atoms with Gasteiger partial charge in [-0.15, -0.1) is 5.10 Å². The summed E-state index contributed by atoms with van der Waals surface area (Å²) in [5.41, 5.74) is 7.88. The first-order valence-corrected chi connectivity index (χ1v) is 10.3. The van der Waals surface area contributed by atoms with Crippen LogP contribution in [0.3, 0.4) is 0 Å². The highest BCUT2D eigenvalue weighted by molar-refractivity contribution is 8.13. The molecule has 0 saturated carbocycles. The fraction of sp³-hybridized carbons (Fsp3) is 0.333. The lowest BCUT2D eigenvalue weighted by molar-refractivity contribution is -0.0532. The molecule has 3 rings (SSSR count). The molecule has 0 spiro atoms. The number of amidine groups is 1. The Morgan fingerprint density at radius 3 is 2.72 bits per heavy atom. The zero-order valence-electron chi connectivity index (χ0n) is 16.3. The molecule has 0 amide bonds. The van der Waals surface area contributed by atoms with Crippen molar-refractivity contribution >= 4 is 23.1 Å². The molecule has 2 aromatic carbocycles. The van der Waals surface area contributed by atoms with E-state index in [1.807, 2.05) is 48.5 Å². The zero-order valence-corrected chi connectivity index (χ0v) is 17.1. The Hall–Kier alpha value is -2.55. The summed E-state index contributed by atoms with van der Waals surface area (Å²) >= 11 is 1.43. The molecule has 0 radical (unpaired) electrons. The topological polar surface area (TPSA) is 87.7 Å². The molecule has 0 aliphatic carbocycles. The van der Waals surface area contributed by atoms with E-state index in [9.17, 15) is 0 Å². The van der Waals surface area contributed by atoms with E-state index in [4.69, 9.17) is 24.7 Å². The van der Waals surface area contributed by atoms with Gasteiger partial charge in [-0.05, 0) is 17.7 Å². The Kier molecular flexibility index (Phi) is 8.36. The molecule has 0 aromatic heterocycles. The smallest absolute Gasteiger partial charge is 0.180 e. The van der Waals surface area contributed by atoms with Crippen molar-refractivity contribution in [3.63, 3.8) is 0 Å². The van der Waals surface area contributed by atoms with Crippen LogP contribution in [0.5, 0.6) is 11.5 Å². The first kappa shape index (κ1) is 21.2. The third kappa shape index (κ3) is 6.77. The molecule has 8 heteroatoms. The van der Waals surface area contributed by atoms with Gasteiger partial charge in [0.1, 0.15) is 0 Å². The normalized spacial score (nSPS) is 15.1. The highest BCUT2D eigenvalue weighted by Gasteiger charge is 2.17. The van der Waals surface area contributed by atoms with Gasteiger partial charge in [-0.3, -0.25) is 0 Å². The lowest BCUT2D eigenvalue weighted by Gasteiger charge is -2.14. The van der Waals surface area contributed by atoms with Crippen molar-refractivity contribution < 1.29 is 18.9 Å². The van der Waals surface area contributed by atoms with Gasteiger partial charge in [0, 0.05) is 17.7 Å². The van der Waals surface area contributed by atoms with Gasteiger partial charge in [0.25, 0.3) is 0 Å². The van der Waals surface area contributed by atoms with Crippen LogP contribution in [0.2, 0.25) is 0 Å². The molecule has 0 atom stereocenters. The van der Waals surface area contributed by atoms with Gasteiger partial charge in [-0.2, -0.15) is 5.10 Å². The maximum absolute atomic E-state index is 5.95. The average Bonchev–Trinajstić information content (AvgIpc) is 3.27. The van der Waals surface area contributed by atoms with Gasteiger partial charge < -0.3 is 24.7 Å². The number of nitrogens with two attached hydrogens (primary N) is 1. The molecule has 1 fully saturated rings. The SMILES string of the molecule is COc1cccc(C=NN=C(N)SCc2ccccc2)c1OCCC1OCCO1. The summed E-state index contributed by atoms with van der Waals surface area (Å²) in [5.74, 6) is 1.96. The quantitative estimate of drug-likeness (QED) is 0.384. The van der Waals surface area contributed by atoms with Gasteiger partial charge in [0.15, 0.2) is 23.0 Å². The molecule has 0 bridgehead atoms. The molecule has 29 heavy (non-hydrogen) atoms. The molecule has 1 heterocycles. The predicted octanol–water partition coefficient (Wildman–Crippen LogP) is 3.42. The van der Waals surface area contributed by atoms with E-state index >= 15 is 0 Å². The minimum atomic E-state index is -0.215. The van der Waals surface area contributed by atoms with Crippen LogP contribution in [-0.2, 0) is 15.2 Å². The predicted molar refractivity (Wildman–Crippen MR) is 116 cm³/mol. The molecular weight excluding hydrogens is 390 g/mol. The van der Waals surface area contributed by atoms with Crippen molar-refractivity contribution in [1.29, 1.82) is 0 Å². The van der Waals surface area contributed by atoms with Crippen LogP contribution < -0.4 is 15.2 Å². The summed E-state index contributed by atoms with van der Waals surface area (Å²) in [6.07, 6.45) is 2.03. The second-order valence-corrected chi connectivity index (χ2v) is 7.14. The number of para-hydroxylation sites is 1. The highest BCUT2D eigenvalue weighted by Crippen LogP contribution is 2.30. The Morgan fingerprint density at radius 2 is 1.97 bits per heavy atom. The number of hydrogen-bond donors (Lipinski definition) is 1. The van der Waals surface area contributed by atoms with E-state index < -0.39 is 0 Å². The second kappa shape index (κ2) is 11.5. The molecule has 0 unspecified atom stereocenters. The van der Waals surface area contributed by atoms with Crippen LogP contribution in [0.25, 0.3) is 0 Å². The van der Waals surface area contributed by atoms with Crippen molar-refractivity contribution in [1.82, 2.24) is 0 Å². The summed E-state index contributed by atoms with van der Waals surface area (Å²) in [6, 6.07) is 15.7. The van der Waals surface area contributed by atoms with Gasteiger partial charge in [-0.25, -0.2) is 0 Å². The lowest BCUT2D eigenvalue weighted by atomic mass is 10.2. The van der Waals surface area contributed by atoms with Crippen LogP contribution >= 0.6 is 11.8 Å². The number of rotatable bonds is 9. The zero-order chi connectivity index (χ0) is 20.3. The van der Waals surface area contributed by atoms with Crippen molar-refractivity contribution in [3.8, 4) is 11.5 Å². The highest BCUT2D eigenvalue weighted by atomic mass is 32.2. The number of benzene rings is 2. The second-order valence-electron chi connectivity index (χ2n) is 6.14. The lowest BCUT2D eigenvalue weighted by Crippen LogP contribution is -2.13. The van der Waals surface area contributed by atoms with Crippen molar-refractivity contribution in [2.45, 2.75) is 18.5 Å². The van der Waals surface area contributed by atoms with Crippen LogP contribution in [0.15, 0.2) is 58.7 Å². The fourth-order valence-corrected chi connectivity index (χ4v) is 3.30. The van der Waals surface area contributed by atoms with Crippen LogP contribution in [0.1, 0.15) is 17.5 Å². The average molecular weight is 416 g/mol. The molecule has 154 valence electrons. The molecule has 1 aliphatic rings. The molecule has 2 N–H and O–H groups in total. The minimum Gasteiger partial charge on any atom is -0.493 e. The first-order chi connectivity index (χ1) is 14.3. The van der Waals surface area contributed by atoms with Crippen molar-refractivity contribution in [2.75, 3.05) is 26.9 Å². The van der Waals surface area contributed by atoms with Crippen LogP contribution in [0, 0.1) is 0 Å². The van der Waals surface area contributed by atoms with E-state index in [0.717, 1.165) is 11.3 Å². The van der Waals surface area contributed by atoms with E-state index in [-0.39, 0.29) is 6.29 Å².